The minimum atomic E-state index is 0.142. The van der Waals surface area contributed by atoms with Crippen LogP contribution in [0.25, 0.3) is 0 Å². The predicted octanol–water partition coefficient (Wildman–Crippen LogP) is 3.08. The molecular weight excluding hydrogens is 282 g/mol. The van der Waals surface area contributed by atoms with Gasteiger partial charge in [-0.1, -0.05) is 18.7 Å². The van der Waals surface area contributed by atoms with Gasteiger partial charge in [0.15, 0.2) is 0 Å². The first-order chi connectivity index (χ1) is 10.1. The summed E-state index contributed by atoms with van der Waals surface area (Å²) in [6.07, 6.45) is 6.24. The Bertz CT molecular complexity index is 533. The molecule has 1 fully saturated rings. The number of nitriles is 1. The number of hydrogen-bond donors (Lipinski definition) is 0. The van der Waals surface area contributed by atoms with Crippen molar-refractivity contribution in [3.63, 3.8) is 0 Å². The third-order valence-electron chi connectivity index (χ3n) is 4.13. The molecule has 0 aliphatic heterocycles. The molecule has 5 heteroatoms. The zero-order valence-electron chi connectivity index (χ0n) is 12.6. The highest BCUT2D eigenvalue weighted by Crippen LogP contribution is 2.27. The Morgan fingerprint density at radius 2 is 2.19 bits per heavy atom. The van der Waals surface area contributed by atoms with Crippen LogP contribution in [0.1, 0.15) is 38.2 Å². The van der Waals surface area contributed by atoms with Crippen molar-refractivity contribution in [2.24, 2.45) is 5.92 Å². The van der Waals surface area contributed by atoms with Crippen LogP contribution in [-0.2, 0) is 4.79 Å². The monoisotopic (exact) mass is 303 g/mol. The highest BCUT2D eigenvalue weighted by atomic mass is 32.2. The number of nitrogens with zero attached hydrogens (tertiary/aromatic N) is 3. The Morgan fingerprint density at radius 1 is 1.48 bits per heavy atom. The molecule has 0 radical (unpaired) electrons. The fourth-order valence-electron chi connectivity index (χ4n) is 2.63. The van der Waals surface area contributed by atoms with Gasteiger partial charge in [-0.15, -0.1) is 0 Å². The molecule has 1 heterocycles. The number of carbonyl (C=O) groups is 1. The molecule has 0 bridgehead atoms. The second-order valence-electron chi connectivity index (χ2n) is 5.70. The maximum absolute atomic E-state index is 12.3. The van der Waals surface area contributed by atoms with Crippen LogP contribution in [-0.4, -0.2) is 34.6 Å². The van der Waals surface area contributed by atoms with E-state index in [0.717, 1.165) is 23.8 Å². The van der Waals surface area contributed by atoms with E-state index < -0.39 is 0 Å². The van der Waals surface area contributed by atoms with Gasteiger partial charge in [-0.3, -0.25) is 4.79 Å². The molecule has 112 valence electrons. The van der Waals surface area contributed by atoms with Gasteiger partial charge in [0.2, 0.25) is 5.91 Å². The first-order valence-electron chi connectivity index (χ1n) is 7.34. The topological polar surface area (TPSA) is 57.0 Å². The van der Waals surface area contributed by atoms with Crippen LogP contribution in [0.5, 0.6) is 0 Å². The summed E-state index contributed by atoms with van der Waals surface area (Å²) in [5.41, 5.74) is 0.578. The van der Waals surface area contributed by atoms with Crippen molar-refractivity contribution in [3.05, 3.63) is 23.9 Å². The first kappa shape index (κ1) is 15.8. The lowest BCUT2D eigenvalue weighted by Gasteiger charge is -2.33. The molecule has 1 saturated carbocycles. The molecule has 0 atom stereocenters. The first-order valence-corrected chi connectivity index (χ1v) is 8.33. The van der Waals surface area contributed by atoms with E-state index in [9.17, 15) is 4.79 Å². The van der Waals surface area contributed by atoms with Crippen molar-refractivity contribution in [3.8, 4) is 6.07 Å². The molecule has 0 aromatic carbocycles. The number of pyridine rings is 1. The number of rotatable bonds is 4. The summed E-state index contributed by atoms with van der Waals surface area (Å²) in [6, 6.07) is 5.86. The van der Waals surface area contributed by atoms with Crippen molar-refractivity contribution in [1.29, 1.82) is 5.26 Å². The Hall–Kier alpha value is -1.54. The number of amides is 1. The third kappa shape index (κ3) is 4.47. The summed E-state index contributed by atoms with van der Waals surface area (Å²) < 4.78 is 0. The van der Waals surface area contributed by atoms with Gasteiger partial charge >= 0.3 is 0 Å². The molecule has 1 aliphatic rings. The van der Waals surface area contributed by atoms with E-state index in [1.807, 2.05) is 11.9 Å². The fourth-order valence-corrected chi connectivity index (χ4v) is 3.45. The van der Waals surface area contributed by atoms with Gasteiger partial charge in [0.25, 0.3) is 0 Å². The van der Waals surface area contributed by atoms with Crippen molar-refractivity contribution < 1.29 is 4.79 Å². The highest BCUT2D eigenvalue weighted by Gasteiger charge is 2.24. The second kappa shape index (κ2) is 7.46. The minimum absolute atomic E-state index is 0.142. The molecule has 1 aromatic heterocycles. The normalized spacial score (nSPS) is 21.6. The van der Waals surface area contributed by atoms with E-state index in [2.05, 4.69) is 18.0 Å². The second-order valence-corrected chi connectivity index (χ2v) is 6.70. The van der Waals surface area contributed by atoms with E-state index in [4.69, 9.17) is 5.26 Å². The largest absolute Gasteiger partial charge is 0.342 e. The molecule has 0 saturated heterocycles. The maximum Gasteiger partial charge on any atom is 0.232 e. The van der Waals surface area contributed by atoms with Crippen LogP contribution in [0.3, 0.4) is 0 Å². The quantitative estimate of drug-likeness (QED) is 0.802. The molecule has 0 N–H and O–H groups in total. The lowest BCUT2D eigenvalue weighted by molar-refractivity contribution is -0.129. The van der Waals surface area contributed by atoms with Crippen LogP contribution in [0.2, 0.25) is 0 Å². The Morgan fingerprint density at radius 3 is 2.86 bits per heavy atom. The van der Waals surface area contributed by atoms with Crippen LogP contribution in [0.4, 0.5) is 0 Å². The van der Waals surface area contributed by atoms with Gasteiger partial charge in [-0.05, 0) is 43.7 Å². The Kier molecular flexibility index (Phi) is 5.63. The average molecular weight is 303 g/mol. The Balaban J connectivity index is 1.85. The van der Waals surface area contributed by atoms with Gasteiger partial charge in [0.05, 0.1) is 22.4 Å². The van der Waals surface area contributed by atoms with Crippen molar-refractivity contribution in [2.75, 3.05) is 12.8 Å². The summed E-state index contributed by atoms with van der Waals surface area (Å²) in [6.45, 7) is 2.28. The van der Waals surface area contributed by atoms with E-state index in [1.54, 1.807) is 18.3 Å². The van der Waals surface area contributed by atoms with Crippen LogP contribution in [0.15, 0.2) is 23.4 Å². The standard InChI is InChI=1S/C16H21N3OS/c1-12-3-5-14(6-4-12)19(2)16(20)11-21-15-9-13(10-17)7-8-18-15/h7-9,12,14H,3-6,11H2,1-2H3. The number of carbonyl (C=O) groups excluding carboxylic acids is 1. The minimum Gasteiger partial charge on any atom is -0.342 e. The van der Waals surface area contributed by atoms with Gasteiger partial charge in [0.1, 0.15) is 0 Å². The van der Waals surface area contributed by atoms with E-state index in [1.165, 1.54) is 24.6 Å². The van der Waals surface area contributed by atoms with Gasteiger partial charge in [-0.25, -0.2) is 4.98 Å². The van der Waals surface area contributed by atoms with Crippen molar-refractivity contribution in [2.45, 2.75) is 43.7 Å². The number of aromatic nitrogens is 1. The van der Waals surface area contributed by atoms with Crippen molar-refractivity contribution >= 4 is 17.7 Å². The maximum atomic E-state index is 12.3. The van der Waals surface area contributed by atoms with Crippen LogP contribution >= 0.6 is 11.8 Å². The molecular formula is C16H21N3OS. The van der Waals surface area contributed by atoms with E-state index in [0.29, 0.717) is 17.4 Å². The van der Waals surface area contributed by atoms with Crippen LogP contribution < -0.4 is 0 Å². The van der Waals surface area contributed by atoms with E-state index in [-0.39, 0.29) is 5.91 Å². The van der Waals surface area contributed by atoms with Crippen molar-refractivity contribution in [1.82, 2.24) is 9.88 Å². The van der Waals surface area contributed by atoms with Gasteiger partial charge in [-0.2, -0.15) is 5.26 Å². The highest BCUT2D eigenvalue weighted by molar-refractivity contribution is 7.99. The van der Waals surface area contributed by atoms with Gasteiger partial charge in [0, 0.05) is 19.3 Å². The van der Waals surface area contributed by atoms with Gasteiger partial charge < -0.3 is 4.90 Å². The molecule has 1 amide bonds. The average Bonchev–Trinajstić information content (AvgIpc) is 2.53. The smallest absolute Gasteiger partial charge is 0.232 e. The zero-order valence-corrected chi connectivity index (χ0v) is 13.4. The predicted molar refractivity (Wildman–Crippen MR) is 83.9 cm³/mol. The third-order valence-corrected chi connectivity index (χ3v) is 5.04. The number of thioether (sulfide) groups is 1. The lowest BCUT2D eigenvalue weighted by Crippen LogP contribution is -2.40. The van der Waals surface area contributed by atoms with E-state index >= 15 is 0 Å². The summed E-state index contributed by atoms with van der Waals surface area (Å²) >= 11 is 1.40. The SMILES string of the molecule is CC1CCC(N(C)C(=O)CSc2cc(C#N)ccn2)CC1. The molecule has 4 nitrogen and oxygen atoms in total. The molecule has 1 aliphatic carbocycles. The molecule has 1 aromatic rings. The van der Waals surface area contributed by atoms with Crippen LogP contribution in [0, 0.1) is 17.2 Å². The summed E-state index contributed by atoms with van der Waals surface area (Å²) in [5, 5.41) is 9.59. The summed E-state index contributed by atoms with van der Waals surface area (Å²) in [7, 11) is 1.91. The number of hydrogen-bond acceptors (Lipinski definition) is 4. The lowest BCUT2D eigenvalue weighted by atomic mass is 9.87. The summed E-state index contributed by atoms with van der Waals surface area (Å²) in [4.78, 5) is 18.3. The molecule has 2 rings (SSSR count). The molecule has 0 spiro atoms. The summed E-state index contributed by atoms with van der Waals surface area (Å²) in [5.74, 6) is 1.31. The Labute approximate surface area is 130 Å². The molecule has 0 unspecified atom stereocenters. The fraction of sp³-hybridized carbons (Fsp3) is 0.562. The zero-order chi connectivity index (χ0) is 15.2. The molecule has 21 heavy (non-hydrogen) atoms.